The number of para-hydroxylation sites is 1. The zero-order chi connectivity index (χ0) is 14.4. The number of carbonyl (C=O) groups is 1. The topological polar surface area (TPSA) is 32.3 Å². The number of nitrogens with zero attached hydrogens (tertiary/aromatic N) is 1. The van der Waals surface area contributed by atoms with Gasteiger partial charge in [-0.1, -0.05) is 32.4 Å². The number of benzene rings is 1. The minimum atomic E-state index is 0.179. The van der Waals surface area contributed by atoms with Gasteiger partial charge in [-0.05, 0) is 37.3 Å². The number of hydrogen-bond acceptors (Lipinski definition) is 2. The first-order valence-corrected chi connectivity index (χ1v) is 7.88. The molecule has 0 bridgehead atoms. The van der Waals surface area contributed by atoms with Crippen molar-refractivity contribution >= 4 is 11.6 Å². The maximum atomic E-state index is 12.7. The van der Waals surface area contributed by atoms with Crippen molar-refractivity contribution in [2.24, 2.45) is 5.92 Å². The molecule has 1 fully saturated rings. The Morgan fingerprint density at radius 3 is 2.60 bits per heavy atom. The van der Waals surface area contributed by atoms with Crippen LogP contribution in [0.5, 0.6) is 0 Å². The van der Waals surface area contributed by atoms with Crippen LogP contribution in [0.2, 0.25) is 0 Å². The molecule has 0 radical (unpaired) electrons. The third kappa shape index (κ3) is 3.53. The first kappa shape index (κ1) is 14.9. The van der Waals surface area contributed by atoms with Gasteiger partial charge in [-0.15, -0.1) is 0 Å². The molecule has 1 aliphatic rings. The second kappa shape index (κ2) is 7.32. The van der Waals surface area contributed by atoms with E-state index in [4.69, 9.17) is 0 Å². The summed E-state index contributed by atoms with van der Waals surface area (Å²) in [6.07, 6.45) is 4.58. The van der Waals surface area contributed by atoms with Gasteiger partial charge in [-0.3, -0.25) is 4.79 Å². The Morgan fingerprint density at radius 1 is 1.25 bits per heavy atom. The lowest BCUT2D eigenvalue weighted by Gasteiger charge is -2.32. The quantitative estimate of drug-likeness (QED) is 0.886. The van der Waals surface area contributed by atoms with Gasteiger partial charge < -0.3 is 10.2 Å². The van der Waals surface area contributed by atoms with E-state index >= 15 is 0 Å². The SMILES string of the molecule is CCCNc1ccccc1C(=O)N1CCC(CC)CC1. The number of hydrogen-bond donors (Lipinski definition) is 1. The third-order valence-corrected chi connectivity index (χ3v) is 4.20. The molecule has 0 atom stereocenters. The summed E-state index contributed by atoms with van der Waals surface area (Å²) in [5.41, 5.74) is 1.79. The van der Waals surface area contributed by atoms with Crippen LogP contribution in [0.1, 0.15) is 49.9 Å². The highest BCUT2D eigenvalue weighted by Gasteiger charge is 2.23. The summed E-state index contributed by atoms with van der Waals surface area (Å²) in [6.45, 7) is 7.08. The Balaban J connectivity index is 2.05. The summed E-state index contributed by atoms with van der Waals surface area (Å²) in [6, 6.07) is 7.87. The van der Waals surface area contributed by atoms with E-state index in [1.54, 1.807) is 0 Å². The molecule has 0 unspecified atom stereocenters. The minimum absolute atomic E-state index is 0.179. The molecule has 3 nitrogen and oxygen atoms in total. The Hall–Kier alpha value is -1.51. The molecule has 3 heteroatoms. The molecular weight excluding hydrogens is 248 g/mol. The lowest BCUT2D eigenvalue weighted by molar-refractivity contribution is 0.0690. The molecule has 110 valence electrons. The molecule has 0 saturated carbocycles. The third-order valence-electron chi connectivity index (χ3n) is 4.20. The molecule has 0 spiro atoms. The van der Waals surface area contributed by atoms with Crippen LogP contribution >= 0.6 is 0 Å². The van der Waals surface area contributed by atoms with E-state index in [0.717, 1.165) is 56.1 Å². The molecular formula is C17H26N2O. The number of carbonyl (C=O) groups excluding carboxylic acids is 1. The highest BCUT2D eigenvalue weighted by molar-refractivity contribution is 5.99. The number of piperidine rings is 1. The molecule has 0 aliphatic carbocycles. The monoisotopic (exact) mass is 274 g/mol. The fraction of sp³-hybridized carbons (Fsp3) is 0.588. The molecule has 1 aromatic carbocycles. The van der Waals surface area contributed by atoms with E-state index in [1.807, 2.05) is 29.2 Å². The highest BCUT2D eigenvalue weighted by atomic mass is 16.2. The van der Waals surface area contributed by atoms with Gasteiger partial charge in [0.15, 0.2) is 0 Å². The fourth-order valence-electron chi connectivity index (χ4n) is 2.80. The maximum Gasteiger partial charge on any atom is 0.255 e. The maximum absolute atomic E-state index is 12.7. The first-order valence-electron chi connectivity index (χ1n) is 7.88. The average Bonchev–Trinajstić information content (AvgIpc) is 2.52. The van der Waals surface area contributed by atoms with Crippen LogP contribution < -0.4 is 5.32 Å². The van der Waals surface area contributed by atoms with Crippen LogP contribution in [0.3, 0.4) is 0 Å². The molecule has 20 heavy (non-hydrogen) atoms. The molecule has 1 amide bonds. The van der Waals surface area contributed by atoms with Gasteiger partial charge in [-0.25, -0.2) is 0 Å². The van der Waals surface area contributed by atoms with Crippen molar-refractivity contribution in [2.75, 3.05) is 25.0 Å². The van der Waals surface area contributed by atoms with E-state index < -0.39 is 0 Å². The number of amides is 1. The Bertz CT molecular complexity index is 436. The van der Waals surface area contributed by atoms with Crippen molar-refractivity contribution in [3.63, 3.8) is 0 Å². The second-order valence-electron chi connectivity index (χ2n) is 5.62. The number of nitrogens with one attached hydrogen (secondary N) is 1. The summed E-state index contributed by atoms with van der Waals surface area (Å²) in [7, 11) is 0. The van der Waals surface area contributed by atoms with Crippen molar-refractivity contribution in [1.82, 2.24) is 4.90 Å². The van der Waals surface area contributed by atoms with Crippen molar-refractivity contribution in [3.05, 3.63) is 29.8 Å². The number of rotatable bonds is 5. The van der Waals surface area contributed by atoms with E-state index in [1.165, 1.54) is 6.42 Å². The normalized spacial score (nSPS) is 16.2. The van der Waals surface area contributed by atoms with Crippen LogP contribution in [0.25, 0.3) is 0 Å². The standard InChI is InChI=1S/C17H26N2O/c1-3-11-18-16-8-6-5-7-15(16)17(20)19-12-9-14(4-2)10-13-19/h5-8,14,18H,3-4,9-13H2,1-2H3. The van der Waals surface area contributed by atoms with Crippen LogP contribution in [0, 0.1) is 5.92 Å². The molecule has 1 saturated heterocycles. The first-order chi connectivity index (χ1) is 9.76. The van der Waals surface area contributed by atoms with E-state index in [9.17, 15) is 4.79 Å². The van der Waals surface area contributed by atoms with Crippen LogP contribution in [0.4, 0.5) is 5.69 Å². The second-order valence-corrected chi connectivity index (χ2v) is 5.62. The zero-order valence-electron chi connectivity index (χ0n) is 12.7. The average molecular weight is 274 g/mol. The van der Waals surface area contributed by atoms with Crippen LogP contribution in [0.15, 0.2) is 24.3 Å². The van der Waals surface area contributed by atoms with Crippen molar-refractivity contribution in [1.29, 1.82) is 0 Å². The van der Waals surface area contributed by atoms with Gasteiger partial charge >= 0.3 is 0 Å². The molecule has 1 heterocycles. The summed E-state index contributed by atoms with van der Waals surface area (Å²) >= 11 is 0. The van der Waals surface area contributed by atoms with Gasteiger partial charge in [0.05, 0.1) is 5.56 Å². The van der Waals surface area contributed by atoms with Gasteiger partial charge in [0.2, 0.25) is 0 Å². The Morgan fingerprint density at radius 2 is 1.95 bits per heavy atom. The Labute approximate surface area is 122 Å². The van der Waals surface area contributed by atoms with Gasteiger partial charge in [-0.2, -0.15) is 0 Å². The lowest BCUT2D eigenvalue weighted by atomic mass is 9.94. The minimum Gasteiger partial charge on any atom is -0.384 e. The largest absolute Gasteiger partial charge is 0.384 e. The molecule has 1 N–H and O–H groups in total. The van der Waals surface area contributed by atoms with Gasteiger partial charge in [0.1, 0.15) is 0 Å². The summed E-state index contributed by atoms with van der Waals surface area (Å²) in [5, 5.41) is 3.36. The predicted octanol–water partition coefficient (Wildman–Crippen LogP) is 3.77. The lowest BCUT2D eigenvalue weighted by Crippen LogP contribution is -2.38. The molecule has 1 aromatic rings. The predicted molar refractivity (Wildman–Crippen MR) is 84.1 cm³/mol. The fourth-order valence-corrected chi connectivity index (χ4v) is 2.80. The zero-order valence-corrected chi connectivity index (χ0v) is 12.7. The van der Waals surface area contributed by atoms with Gasteiger partial charge in [0.25, 0.3) is 5.91 Å². The van der Waals surface area contributed by atoms with Crippen LogP contribution in [-0.2, 0) is 0 Å². The molecule has 0 aromatic heterocycles. The number of anilines is 1. The molecule has 2 rings (SSSR count). The van der Waals surface area contributed by atoms with E-state index in [-0.39, 0.29) is 5.91 Å². The Kier molecular flexibility index (Phi) is 5.45. The van der Waals surface area contributed by atoms with E-state index in [2.05, 4.69) is 19.2 Å². The summed E-state index contributed by atoms with van der Waals surface area (Å²) in [5.74, 6) is 0.978. The smallest absolute Gasteiger partial charge is 0.255 e. The van der Waals surface area contributed by atoms with Crippen molar-refractivity contribution in [3.8, 4) is 0 Å². The highest BCUT2D eigenvalue weighted by Crippen LogP contribution is 2.23. The van der Waals surface area contributed by atoms with Crippen LogP contribution in [-0.4, -0.2) is 30.4 Å². The molecule has 1 aliphatic heterocycles. The van der Waals surface area contributed by atoms with Gasteiger partial charge in [0, 0.05) is 25.3 Å². The number of likely N-dealkylation sites (tertiary alicyclic amines) is 1. The van der Waals surface area contributed by atoms with Crippen molar-refractivity contribution in [2.45, 2.75) is 39.5 Å². The van der Waals surface area contributed by atoms with Crippen molar-refractivity contribution < 1.29 is 4.79 Å². The van der Waals surface area contributed by atoms with E-state index in [0.29, 0.717) is 0 Å². The summed E-state index contributed by atoms with van der Waals surface area (Å²) in [4.78, 5) is 14.7. The summed E-state index contributed by atoms with van der Waals surface area (Å²) < 4.78 is 0.